The third-order valence-electron chi connectivity index (χ3n) is 3.21. The molecule has 0 atom stereocenters. The van der Waals surface area contributed by atoms with Gasteiger partial charge in [-0.2, -0.15) is 0 Å². The van der Waals surface area contributed by atoms with Crippen molar-refractivity contribution in [1.29, 1.82) is 0 Å². The quantitative estimate of drug-likeness (QED) is 0.897. The maximum Gasteiger partial charge on any atom is 0.161 e. The summed E-state index contributed by atoms with van der Waals surface area (Å²) >= 11 is 0. The number of rotatable bonds is 4. The first-order valence-corrected chi connectivity index (χ1v) is 6.67. The lowest BCUT2D eigenvalue weighted by Gasteiger charge is -2.19. The Bertz CT molecular complexity index is 598. The van der Waals surface area contributed by atoms with E-state index in [1.807, 2.05) is 42.5 Å². The molecule has 3 rings (SSSR count). The summed E-state index contributed by atoms with van der Waals surface area (Å²) in [6.07, 6.45) is 0. The molecule has 0 fully saturated rings. The molecule has 4 heteroatoms. The molecule has 0 aliphatic carbocycles. The van der Waals surface area contributed by atoms with Gasteiger partial charge in [0.05, 0.1) is 6.61 Å². The minimum absolute atomic E-state index is 0.0551. The van der Waals surface area contributed by atoms with Crippen LogP contribution in [0.25, 0.3) is 0 Å². The highest BCUT2D eigenvalue weighted by Crippen LogP contribution is 2.30. The van der Waals surface area contributed by atoms with Crippen LogP contribution in [0.3, 0.4) is 0 Å². The van der Waals surface area contributed by atoms with Gasteiger partial charge < -0.3 is 19.9 Å². The van der Waals surface area contributed by atoms with Gasteiger partial charge in [-0.05, 0) is 35.4 Å². The summed E-state index contributed by atoms with van der Waals surface area (Å²) in [6.45, 7) is 1.96. The van der Waals surface area contributed by atoms with Gasteiger partial charge in [0.25, 0.3) is 0 Å². The number of anilines is 1. The predicted molar refractivity (Wildman–Crippen MR) is 77.1 cm³/mol. The van der Waals surface area contributed by atoms with Crippen LogP contribution in [-0.4, -0.2) is 18.3 Å². The molecule has 0 radical (unpaired) electrons. The molecular weight excluding hydrogens is 254 g/mol. The smallest absolute Gasteiger partial charge is 0.161 e. The van der Waals surface area contributed by atoms with E-state index < -0.39 is 0 Å². The summed E-state index contributed by atoms with van der Waals surface area (Å²) in [5.41, 5.74) is 3.02. The van der Waals surface area contributed by atoms with Gasteiger partial charge in [0.1, 0.15) is 13.2 Å². The van der Waals surface area contributed by atoms with E-state index in [1.165, 1.54) is 0 Å². The summed E-state index contributed by atoms with van der Waals surface area (Å²) in [7, 11) is 0. The lowest BCUT2D eigenvalue weighted by molar-refractivity contribution is 0.171. The van der Waals surface area contributed by atoms with E-state index >= 15 is 0 Å². The van der Waals surface area contributed by atoms with Crippen molar-refractivity contribution in [3.8, 4) is 11.5 Å². The average molecular weight is 271 g/mol. The van der Waals surface area contributed by atoms with Crippen molar-refractivity contribution < 1.29 is 14.6 Å². The Kier molecular flexibility index (Phi) is 3.74. The van der Waals surface area contributed by atoms with Crippen LogP contribution in [0.5, 0.6) is 11.5 Å². The standard InChI is InChI=1S/C16H17NO3/c18-11-13-2-1-3-14(8-13)17-10-12-4-5-15-16(9-12)20-7-6-19-15/h1-5,8-9,17-18H,6-7,10-11H2. The maximum absolute atomic E-state index is 9.12. The highest BCUT2D eigenvalue weighted by atomic mass is 16.6. The number of fused-ring (bicyclic) bond motifs is 1. The number of ether oxygens (including phenoxy) is 2. The molecule has 1 heterocycles. The minimum atomic E-state index is 0.0551. The largest absolute Gasteiger partial charge is 0.486 e. The molecule has 104 valence electrons. The van der Waals surface area contributed by atoms with Gasteiger partial charge in [0.2, 0.25) is 0 Å². The van der Waals surface area contributed by atoms with Crippen LogP contribution in [0, 0.1) is 0 Å². The monoisotopic (exact) mass is 271 g/mol. The van der Waals surface area contributed by atoms with E-state index in [2.05, 4.69) is 5.32 Å². The Morgan fingerprint density at radius 3 is 2.65 bits per heavy atom. The first-order chi connectivity index (χ1) is 9.85. The van der Waals surface area contributed by atoms with Crippen molar-refractivity contribution >= 4 is 5.69 Å². The van der Waals surface area contributed by atoms with Gasteiger partial charge in [-0.15, -0.1) is 0 Å². The Hall–Kier alpha value is -2.20. The summed E-state index contributed by atoms with van der Waals surface area (Å²) in [4.78, 5) is 0. The second kappa shape index (κ2) is 5.84. The highest BCUT2D eigenvalue weighted by molar-refractivity contribution is 5.48. The Balaban J connectivity index is 1.68. The summed E-state index contributed by atoms with van der Waals surface area (Å²) in [6, 6.07) is 13.7. The first-order valence-electron chi connectivity index (χ1n) is 6.67. The number of benzene rings is 2. The second-order valence-electron chi connectivity index (χ2n) is 4.69. The molecule has 2 aromatic carbocycles. The van der Waals surface area contributed by atoms with Gasteiger partial charge in [0.15, 0.2) is 11.5 Å². The van der Waals surface area contributed by atoms with Crippen LogP contribution in [0.2, 0.25) is 0 Å². The van der Waals surface area contributed by atoms with Crippen LogP contribution in [0.1, 0.15) is 11.1 Å². The SMILES string of the molecule is OCc1cccc(NCc2ccc3c(c2)OCCO3)c1. The molecular formula is C16H17NO3. The molecule has 0 spiro atoms. The molecule has 0 amide bonds. The number of hydrogen-bond acceptors (Lipinski definition) is 4. The summed E-state index contributed by atoms with van der Waals surface area (Å²) in [5.74, 6) is 1.61. The van der Waals surface area contributed by atoms with E-state index in [1.54, 1.807) is 0 Å². The predicted octanol–water partition coefficient (Wildman–Crippen LogP) is 2.56. The fourth-order valence-corrected chi connectivity index (χ4v) is 2.18. The maximum atomic E-state index is 9.12. The van der Waals surface area contributed by atoms with Crippen molar-refractivity contribution in [1.82, 2.24) is 0 Å². The van der Waals surface area contributed by atoms with Gasteiger partial charge in [-0.25, -0.2) is 0 Å². The zero-order valence-electron chi connectivity index (χ0n) is 11.1. The molecule has 0 saturated heterocycles. The molecule has 2 N–H and O–H groups in total. The molecule has 0 saturated carbocycles. The zero-order valence-corrected chi connectivity index (χ0v) is 11.1. The van der Waals surface area contributed by atoms with Crippen molar-refractivity contribution in [3.05, 3.63) is 53.6 Å². The fraction of sp³-hybridized carbons (Fsp3) is 0.250. The number of aliphatic hydroxyl groups excluding tert-OH is 1. The van der Waals surface area contributed by atoms with Crippen molar-refractivity contribution in [3.63, 3.8) is 0 Å². The Labute approximate surface area is 118 Å². The molecule has 1 aliphatic rings. The Morgan fingerprint density at radius 1 is 0.950 bits per heavy atom. The molecule has 1 aliphatic heterocycles. The third kappa shape index (κ3) is 2.86. The van der Waals surface area contributed by atoms with Crippen LogP contribution in [0.4, 0.5) is 5.69 Å². The normalized spacial score (nSPS) is 13.1. The van der Waals surface area contributed by atoms with Crippen LogP contribution in [-0.2, 0) is 13.2 Å². The van der Waals surface area contributed by atoms with Crippen LogP contribution < -0.4 is 14.8 Å². The second-order valence-corrected chi connectivity index (χ2v) is 4.69. The lowest BCUT2D eigenvalue weighted by atomic mass is 10.1. The summed E-state index contributed by atoms with van der Waals surface area (Å²) < 4.78 is 11.1. The van der Waals surface area contributed by atoms with Gasteiger partial charge >= 0.3 is 0 Å². The number of hydrogen-bond donors (Lipinski definition) is 2. The van der Waals surface area contributed by atoms with Crippen molar-refractivity contribution in [2.75, 3.05) is 18.5 Å². The van der Waals surface area contributed by atoms with Crippen LogP contribution in [0.15, 0.2) is 42.5 Å². The van der Waals surface area contributed by atoms with E-state index in [-0.39, 0.29) is 6.61 Å². The van der Waals surface area contributed by atoms with Crippen molar-refractivity contribution in [2.24, 2.45) is 0 Å². The van der Waals surface area contributed by atoms with Gasteiger partial charge in [-0.3, -0.25) is 0 Å². The molecule has 4 nitrogen and oxygen atoms in total. The minimum Gasteiger partial charge on any atom is -0.486 e. The average Bonchev–Trinajstić information content (AvgIpc) is 2.53. The van der Waals surface area contributed by atoms with Gasteiger partial charge in [-0.1, -0.05) is 18.2 Å². The van der Waals surface area contributed by atoms with Gasteiger partial charge in [0, 0.05) is 12.2 Å². The molecule has 2 aromatic rings. The third-order valence-corrected chi connectivity index (χ3v) is 3.21. The number of nitrogens with one attached hydrogen (secondary N) is 1. The van der Waals surface area contributed by atoms with E-state index in [9.17, 15) is 0 Å². The molecule has 0 aromatic heterocycles. The first kappa shape index (κ1) is 12.8. The van der Waals surface area contributed by atoms with E-state index in [0.29, 0.717) is 19.8 Å². The highest BCUT2D eigenvalue weighted by Gasteiger charge is 2.11. The number of aliphatic hydroxyl groups is 1. The van der Waals surface area contributed by atoms with Crippen LogP contribution >= 0.6 is 0 Å². The fourth-order valence-electron chi connectivity index (χ4n) is 2.18. The topological polar surface area (TPSA) is 50.7 Å². The van der Waals surface area contributed by atoms with Crippen molar-refractivity contribution in [2.45, 2.75) is 13.2 Å². The Morgan fingerprint density at radius 2 is 1.80 bits per heavy atom. The lowest BCUT2D eigenvalue weighted by Crippen LogP contribution is -2.15. The van der Waals surface area contributed by atoms with E-state index in [0.717, 1.165) is 28.3 Å². The summed E-state index contributed by atoms with van der Waals surface area (Å²) in [5, 5.41) is 12.5. The molecule has 0 bridgehead atoms. The molecule has 20 heavy (non-hydrogen) atoms. The molecule has 0 unspecified atom stereocenters. The zero-order chi connectivity index (χ0) is 13.8. The van der Waals surface area contributed by atoms with E-state index in [4.69, 9.17) is 14.6 Å².